The molecule has 0 aliphatic heterocycles. The molecule has 1 aromatic carbocycles. The number of nitrogens with zero attached hydrogens (tertiary/aromatic N) is 1. The normalized spacial score (nSPS) is 13.2. The topological polar surface area (TPSA) is 95.6 Å². The number of nitro groups is 1. The monoisotopic (exact) mass is 240 g/mol. The predicted octanol–water partition coefficient (Wildman–Crippen LogP) is 1.87. The Balaban J connectivity index is 3.03. The Hall–Kier alpha value is -1.82. The number of aromatic hydroxyl groups is 1. The van der Waals surface area contributed by atoms with E-state index in [0.29, 0.717) is 0 Å². The molecule has 1 unspecified atom stereocenters. The molecule has 1 atom stereocenters. The fourth-order valence-electron chi connectivity index (χ4n) is 1.20. The summed E-state index contributed by atoms with van der Waals surface area (Å²) in [5, 5.41) is 32.6. The molecule has 0 aromatic heterocycles. The molecular weight excluding hydrogens is 224 g/mol. The highest BCUT2D eigenvalue weighted by atomic mass is 16.6. The van der Waals surface area contributed by atoms with E-state index in [1.807, 2.05) is 0 Å². The minimum absolute atomic E-state index is 0.168. The van der Waals surface area contributed by atoms with Crippen molar-refractivity contribution in [3.05, 3.63) is 28.3 Å². The molecule has 1 aromatic rings. The Morgan fingerprint density at radius 2 is 2.06 bits per heavy atom. The van der Waals surface area contributed by atoms with Crippen molar-refractivity contribution in [1.82, 2.24) is 0 Å². The Morgan fingerprint density at radius 3 is 2.53 bits per heavy atom. The summed E-state index contributed by atoms with van der Waals surface area (Å²) < 4.78 is 0. The zero-order chi connectivity index (χ0) is 13.2. The van der Waals surface area contributed by atoms with Crippen LogP contribution in [0.4, 0.5) is 11.4 Å². The summed E-state index contributed by atoms with van der Waals surface area (Å²) in [5.74, 6) is -0.168. The van der Waals surface area contributed by atoms with Gasteiger partial charge in [0.25, 0.3) is 5.69 Å². The zero-order valence-electron chi connectivity index (χ0n) is 9.97. The van der Waals surface area contributed by atoms with E-state index in [0.717, 1.165) is 6.07 Å². The van der Waals surface area contributed by atoms with Gasteiger partial charge in [0.2, 0.25) is 0 Å². The lowest BCUT2D eigenvalue weighted by molar-refractivity contribution is -0.384. The molecule has 0 heterocycles. The van der Waals surface area contributed by atoms with Gasteiger partial charge in [-0.05, 0) is 32.9 Å². The van der Waals surface area contributed by atoms with Crippen molar-refractivity contribution in [2.75, 3.05) is 5.32 Å². The van der Waals surface area contributed by atoms with Crippen LogP contribution in [0.5, 0.6) is 5.75 Å². The van der Waals surface area contributed by atoms with E-state index in [9.17, 15) is 20.3 Å². The Morgan fingerprint density at radius 1 is 1.47 bits per heavy atom. The van der Waals surface area contributed by atoms with Gasteiger partial charge < -0.3 is 15.5 Å². The minimum atomic E-state index is -1.01. The van der Waals surface area contributed by atoms with E-state index in [-0.39, 0.29) is 23.2 Å². The maximum Gasteiger partial charge on any atom is 0.296 e. The van der Waals surface area contributed by atoms with Crippen molar-refractivity contribution < 1.29 is 15.1 Å². The van der Waals surface area contributed by atoms with Crippen LogP contribution in [0.25, 0.3) is 0 Å². The summed E-state index contributed by atoms with van der Waals surface area (Å²) in [4.78, 5) is 10.2. The fourth-order valence-corrected chi connectivity index (χ4v) is 1.20. The number of phenols is 1. The third kappa shape index (κ3) is 3.32. The molecule has 94 valence electrons. The molecule has 6 nitrogen and oxygen atoms in total. The molecule has 6 heteroatoms. The van der Waals surface area contributed by atoms with Crippen LogP contribution >= 0.6 is 0 Å². The van der Waals surface area contributed by atoms with Crippen LogP contribution in [0.3, 0.4) is 0 Å². The van der Waals surface area contributed by atoms with Gasteiger partial charge in [-0.15, -0.1) is 0 Å². The molecule has 0 aliphatic carbocycles. The van der Waals surface area contributed by atoms with E-state index < -0.39 is 10.5 Å². The van der Waals surface area contributed by atoms with Crippen LogP contribution in [0.15, 0.2) is 18.2 Å². The molecule has 0 bridgehead atoms. The first kappa shape index (κ1) is 13.2. The number of rotatable bonds is 4. The maximum atomic E-state index is 10.8. The highest BCUT2D eigenvalue weighted by molar-refractivity contribution is 5.64. The van der Waals surface area contributed by atoms with E-state index >= 15 is 0 Å². The van der Waals surface area contributed by atoms with Crippen molar-refractivity contribution in [3.8, 4) is 5.75 Å². The molecule has 17 heavy (non-hydrogen) atoms. The van der Waals surface area contributed by atoms with Gasteiger partial charge >= 0.3 is 0 Å². The number of nitrogens with one attached hydrogen (secondary N) is 1. The van der Waals surface area contributed by atoms with Gasteiger partial charge in [-0.3, -0.25) is 10.1 Å². The summed E-state index contributed by atoms with van der Waals surface area (Å²) >= 11 is 0. The molecule has 3 N–H and O–H groups in total. The Bertz CT molecular complexity index is 426. The third-order valence-corrected chi connectivity index (χ3v) is 2.61. The number of hydrogen-bond acceptors (Lipinski definition) is 5. The molecule has 0 radical (unpaired) electrons. The second-order valence-corrected chi connectivity index (χ2v) is 4.48. The van der Waals surface area contributed by atoms with Crippen LogP contribution in [-0.2, 0) is 0 Å². The summed E-state index contributed by atoms with van der Waals surface area (Å²) in [6, 6.07) is 3.47. The van der Waals surface area contributed by atoms with E-state index in [1.165, 1.54) is 12.1 Å². The Kier molecular flexibility index (Phi) is 3.57. The van der Waals surface area contributed by atoms with Gasteiger partial charge in [-0.25, -0.2) is 0 Å². The number of hydrogen-bond donors (Lipinski definition) is 3. The highest BCUT2D eigenvalue weighted by Gasteiger charge is 2.25. The van der Waals surface area contributed by atoms with Crippen molar-refractivity contribution >= 4 is 11.4 Å². The van der Waals surface area contributed by atoms with Gasteiger partial charge in [-0.2, -0.15) is 0 Å². The smallest absolute Gasteiger partial charge is 0.296 e. The summed E-state index contributed by atoms with van der Waals surface area (Å²) in [6.45, 7) is 4.93. The minimum Gasteiger partial charge on any atom is -0.508 e. The van der Waals surface area contributed by atoms with Gasteiger partial charge in [0.1, 0.15) is 11.4 Å². The van der Waals surface area contributed by atoms with Crippen LogP contribution < -0.4 is 5.32 Å². The molecule has 0 aliphatic rings. The first-order valence-corrected chi connectivity index (χ1v) is 5.18. The SMILES string of the molecule is CC(Nc1ccc(O)cc1[N+](=O)[O-])C(C)(C)O. The second-order valence-electron chi connectivity index (χ2n) is 4.48. The van der Waals surface area contributed by atoms with E-state index in [1.54, 1.807) is 20.8 Å². The molecule has 0 fully saturated rings. The lowest BCUT2D eigenvalue weighted by Crippen LogP contribution is -2.39. The Labute approximate surface area is 99.0 Å². The van der Waals surface area contributed by atoms with E-state index in [4.69, 9.17) is 0 Å². The molecule has 0 spiro atoms. The van der Waals surface area contributed by atoms with Gasteiger partial charge in [0.05, 0.1) is 22.6 Å². The zero-order valence-corrected chi connectivity index (χ0v) is 9.97. The lowest BCUT2D eigenvalue weighted by atomic mass is 10.0. The molecule has 1 rings (SSSR count). The van der Waals surface area contributed by atoms with Crippen molar-refractivity contribution in [2.24, 2.45) is 0 Å². The summed E-state index contributed by atoms with van der Waals surface area (Å²) in [7, 11) is 0. The van der Waals surface area contributed by atoms with Crippen molar-refractivity contribution in [3.63, 3.8) is 0 Å². The largest absolute Gasteiger partial charge is 0.508 e. The fraction of sp³-hybridized carbons (Fsp3) is 0.455. The summed E-state index contributed by atoms with van der Waals surface area (Å²) in [6.07, 6.45) is 0. The molecule has 0 saturated heterocycles. The first-order valence-electron chi connectivity index (χ1n) is 5.18. The number of nitro benzene ring substituents is 1. The highest BCUT2D eigenvalue weighted by Crippen LogP contribution is 2.29. The van der Waals surface area contributed by atoms with Crippen LogP contribution in [0.1, 0.15) is 20.8 Å². The van der Waals surface area contributed by atoms with Crippen molar-refractivity contribution in [2.45, 2.75) is 32.4 Å². The molecular formula is C11H16N2O4. The number of phenolic OH excluding ortho intramolecular Hbond substituents is 1. The van der Waals surface area contributed by atoms with Gasteiger partial charge in [-0.1, -0.05) is 0 Å². The maximum absolute atomic E-state index is 10.8. The lowest BCUT2D eigenvalue weighted by Gasteiger charge is -2.27. The van der Waals surface area contributed by atoms with Gasteiger partial charge in [0.15, 0.2) is 0 Å². The average molecular weight is 240 g/mol. The summed E-state index contributed by atoms with van der Waals surface area (Å²) in [5.41, 5.74) is -0.963. The standard InChI is InChI=1S/C11H16N2O4/c1-7(11(2,3)15)12-9-5-4-8(14)6-10(9)13(16)17/h4-7,12,14-15H,1-3H3. The number of benzene rings is 1. The first-order chi connectivity index (χ1) is 7.71. The predicted molar refractivity (Wildman–Crippen MR) is 64.1 cm³/mol. The van der Waals surface area contributed by atoms with Gasteiger partial charge in [0, 0.05) is 0 Å². The van der Waals surface area contributed by atoms with Crippen LogP contribution in [0.2, 0.25) is 0 Å². The number of anilines is 1. The third-order valence-electron chi connectivity index (χ3n) is 2.61. The van der Waals surface area contributed by atoms with Crippen LogP contribution in [-0.4, -0.2) is 26.8 Å². The van der Waals surface area contributed by atoms with E-state index in [2.05, 4.69) is 5.32 Å². The average Bonchev–Trinajstić information content (AvgIpc) is 2.18. The number of aliphatic hydroxyl groups is 1. The van der Waals surface area contributed by atoms with Crippen LogP contribution in [0, 0.1) is 10.1 Å². The molecule has 0 amide bonds. The quantitative estimate of drug-likeness (QED) is 0.424. The second kappa shape index (κ2) is 4.58. The van der Waals surface area contributed by atoms with Crippen molar-refractivity contribution in [1.29, 1.82) is 0 Å². The molecule has 0 saturated carbocycles.